The number of carbonyl (C=O) groups is 1. The highest BCUT2D eigenvalue weighted by Crippen LogP contribution is 2.20. The highest BCUT2D eigenvalue weighted by Gasteiger charge is 2.20. The standard InChI is InChI=1S/C25H33F2N7O3/c26-22(27)17-37-13-12-34(10-2-1-5-20-7-6-19-4-3-9-29-23(19)32-20)11-8-21(24(35)36)33-25-30-15-18(14-28)16-31-25/h6-7,15-16,21-22H,1-5,8-13,17H2,(H,29,32)(H,35,36)(H,30,31,33)/t21-/m0/s1. The lowest BCUT2D eigenvalue weighted by Gasteiger charge is -2.24. The maximum absolute atomic E-state index is 12.4. The van der Waals surface area contributed by atoms with E-state index in [-0.39, 0.29) is 24.5 Å². The van der Waals surface area contributed by atoms with Crippen molar-refractivity contribution >= 4 is 17.7 Å². The predicted octanol–water partition coefficient (Wildman–Crippen LogP) is 2.96. The Balaban J connectivity index is 1.49. The summed E-state index contributed by atoms with van der Waals surface area (Å²) < 4.78 is 29.9. The van der Waals surface area contributed by atoms with E-state index in [1.165, 1.54) is 18.0 Å². The second-order valence-corrected chi connectivity index (χ2v) is 8.84. The maximum atomic E-state index is 12.4. The van der Waals surface area contributed by atoms with Gasteiger partial charge in [0.1, 0.15) is 24.5 Å². The molecule has 0 radical (unpaired) electrons. The van der Waals surface area contributed by atoms with Gasteiger partial charge in [-0.1, -0.05) is 6.07 Å². The van der Waals surface area contributed by atoms with Crippen molar-refractivity contribution in [3.8, 4) is 6.07 Å². The summed E-state index contributed by atoms with van der Waals surface area (Å²) in [5.41, 5.74) is 2.55. The fraction of sp³-hybridized carbons (Fsp3) is 0.560. The molecule has 0 saturated heterocycles. The molecule has 0 saturated carbocycles. The first-order valence-electron chi connectivity index (χ1n) is 12.5. The number of unbranched alkanes of at least 4 members (excludes halogenated alkanes) is 1. The normalized spacial score (nSPS) is 13.6. The number of halogens is 2. The zero-order valence-electron chi connectivity index (χ0n) is 20.7. The molecule has 0 fully saturated rings. The van der Waals surface area contributed by atoms with Crippen molar-refractivity contribution in [2.24, 2.45) is 0 Å². The number of alkyl halides is 2. The minimum absolute atomic E-state index is 0.116. The van der Waals surface area contributed by atoms with E-state index >= 15 is 0 Å². The van der Waals surface area contributed by atoms with Gasteiger partial charge in [0.15, 0.2) is 0 Å². The van der Waals surface area contributed by atoms with Crippen LogP contribution in [0, 0.1) is 11.3 Å². The van der Waals surface area contributed by atoms with E-state index in [0.717, 1.165) is 50.2 Å². The molecule has 0 aliphatic carbocycles. The van der Waals surface area contributed by atoms with Crippen LogP contribution in [0.5, 0.6) is 0 Å². The molecule has 10 nitrogen and oxygen atoms in total. The van der Waals surface area contributed by atoms with Gasteiger partial charge in [0.05, 0.1) is 24.6 Å². The Hall–Kier alpha value is -3.43. The number of carboxylic acid groups (broad SMARTS) is 1. The van der Waals surface area contributed by atoms with Crippen LogP contribution in [-0.4, -0.2) is 82.8 Å². The van der Waals surface area contributed by atoms with E-state index in [9.17, 15) is 18.7 Å². The number of rotatable bonds is 16. The molecule has 12 heteroatoms. The van der Waals surface area contributed by atoms with Crippen molar-refractivity contribution in [3.05, 3.63) is 41.3 Å². The predicted molar refractivity (Wildman–Crippen MR) is 134 cm³/mol. The summed E-state index contributed by atoms with van der Waals surface area (Å²) in [7, 11) is 0. The van der Waals surface area contributed by atoms with Crippen molar-refractivity contribution in [3.63, 3.8) is 0 Å². The number of anilines is 2. The summed E-state index contributed by atoms with van der Waals surface area (Å²) in [4.78, 5) is 26.5. The first kappa shape index (κ1) is 28.1. The molecule has 3 heterocycles. The molecular weight excluding hydrogens is 484 g/mol. The van der Waals surface area contributed by atoms with Crippen LogP contribution in [0.3, 0.4) is 0 Å². The number of hydrogen-bond donors (Lipinski definition) is 3. The van der Waals surface area contributed by atoms with E-state index in [4.69, 9.17) is 15.0 Å². The van der Waals surface area contributed by atoms with Crippen LogP contribution in [0.4, 0.5) is 20.5 Å². The Morgan fingerprint density at radius 2 is 2.05 bits per heavy atom. The third-order valence-corrected chi connectivity index (χ3v) is 6.02. The Morgan fingerprint density at radius 1 is 1.24 bits per heavy atom. The lowest BCUT2D eigenvalue weighted by Crippen LogP contribution is -2.37. The summed E-state index contributed by atoms with van der Waals surface area (Å²) in [6.07, 6.45) is 5.05. The van der Waals surface area contributed by atoms with Crippen molar-refractivity contribution in [1.82, 2.24) is 19.9 Å². The molecule has 2 aromatic rings. The summed E-state index contributed by atoms with van der Waals surface area (Å²) >= 11 is 0. The zero-order valence-corrected chi connectivity index (χ0v) is 20.7. The van der Waals surface area contributed by atoms with Crippen LogP contribution in [0.25, 0.3) is 0 Å². The smallest absolute Gasteiger partial charge is 0.326 e. The van der Waals surface area contributed by atoms with Gasteiger partial charge in [-0.3, -0.25) is 0 Å². The molecule has 0 aromatic carbocycles. The van der Waals surface area contributed by atoms with Gasteiger partial charge in [0, 0.05) is 25.3 Å². The van der Waals surface area contributed by atoms with Crippen molar-refractivity contribution < 1.29 is 23.4 Å². The molecule has 3 rings (SSSR count). The highest BCUT2D eigenvalue weighted by molar-refractivity contribution is 5.76. The molecule has 1 aliphatic heterocycles. The molecule has 0 bridgehead atoms. The first-order chi connectivity index (χ1) is 17.9. The number of carboxylic acids is 1. The molecule has 0 amide bonds. The number of aliphatic carboxylic acids is 1. The maximum Gasteiger partial charge on any atom is 0.326 e. The number of nitrogens with zero attached hydrogens (tertiary/aromatic N) is 5. The number of fused-ring (bicyclic) bond motifs is 1. The summed E-state index contributed by atoms with van der Waals surface area (Å²) in [5.74, 6) is 0.0271. The van der Waals surface area contributed by atoms with E-state index in [1.807, 2.05) is 11.0 Å². The number of pyridine rings is 1. The van der Waals surface area contributed by atoms with Crippen LogP contribution < -0.4 is 10.6 Å². The molecule has 0 spiro atoms. The van der Waals surface area contributed by atoms with Crippen molar-refractivity contribution in [1.29, 1.82) is 5.26 Å². The molecule has 200 valence electrons. The van der Waals surface area contributed by atoms with Gasteiger partial charge >= 0.3 is 5.97 Å². The van der Waals surface area contributed by atoms with Gasteiger partial charge in [-0.05, 0) is 56.7 Å². The van der Waals surface area contributed by atoms with Crippen LogP contribution in [0.1, 0.15) is 42.5 Å². The van der Waals surface area contributed by atoms with E-state index in [0.29, 0.717) is 19.6 Å². The summed E-state index contributed by atoms with van der Waals surface area (Å²) in [5, 5.41) is 24.6. The van der Waals surface area contributed by atoms with E-state index in [2.05, 4.69) is 32.7 Å². The molecule has 0 unspecified atom stereocenters. The van der Waals surface area contributed by atoms with Gasteiger partial charge in [-0.25, -0.2) is 28.5 Å². The second kappa shape index (κ2) is 15.0. The number of aromatic nitrogens is 3. The fourth-order valence-corrected chi connectivity index (χ4v) is 4.04. The SMILES string of the molecule is N#Cc1cnc(N[C@@H](CCN(CCCCc2ccc3c(n2)NCCC3)CCOCC(F)F)C(=O)O)nc1. The monoisotopic (exact) mass is 517 g/mol. The first-order valence-corrected chi connectivity index (χ1v) is 12.5. The van der Waals surface area contributed by atoms with Crippen LogP contribution >= 0.6 is 0 Å². The van der Waals surface area contributed by atoms with Gasteiger partial charge in [-0.15, -0.1) is 0 Å². The minimum atomic E-state index is -2.53. The van der Waals surface area contributed by atoms with Crippen molar-refractivity contribution in [2.75, 3.05) is 50.0 Å². The summed E-state index contributed by atoms with van der Waals surface area (Å²) in [6, 6.07) is 5.15. The molecule has 2 aromatic heterocycles. The van der Waals surface area contributed by atoms with Crippen molar-refractivity contribution in [2.45, 2.75) is 51.0 Å². The van der Waals surface area contributed by atoms with E-state index < -0.39 is 25.0 Å². The number of nitriles is 1. The largest absolute Gasteiger partial charge is 0.480 e. The van der Waals surface area contributed by atoms with Gasteiger partial charge < -0.3 is 25.4 Å². The number of hydrogen-bond acceptors (Lipinski definition) is 9. The Kier molecular flexibility index (Phi) is 11.4. The fourth-order valence-electron chi connectivity index (χ4n) is 4.04. The minimum Gasteiger partial charge on any atom is -0.480 e. The second-order valence-electron chi connectivity index (χ2n) is 8.84. The van der Waals surface area contributed by atoms with Crippen LogP contribution in [0.2, 0.25) is 0 Å². The average Bonchev–Trinajstić information content (AvgIpc) is 2.90. The van der Waals surface area contributed by atoms with Gasteiger partial charge in [0.2, 0.25) is 5.95 Å². The topological polar surface area (TPSA) is 136 Å². The van der Waals surface area contributed by atoms with E-state index in [1.54, 1.807) is 0 Å². The summed E-state index contributed by atoms with van der Waals surface area (Å²) in [6.45, 7) is 1.94. The molecule has 3 N–H and O–H groups in total. The number of aryl methyl sites for hydroxylation is 2. The quantitative estimate of drug-likeness (QED) is 0.285. The molecule has 1 atom stereocenters. The number of ether oxygens (including phenoxy) is 1. The highest BCUT2D eigenvalue weighted by atomic mass is 19.3. The number of nitrogens with one attached hydrogen (secondary N) is 2. The van der Waals surface area contributed by atoms with Crippen LogP contribution in [0.15, 0.2) is 24.5 Å². The molecule has 1 aliphatic rings. The van der Waals surface area contributed by atoms with Gasteiger partial charge in [-0.2, -0.15) is 5.26 Å². The Morgan fingerprint density at radius 3 is 2.78 bits per heavy atom. The van der Waals surface area contributed by atoms with Crippen LogP contribution in [-0.2, 0) is 22.4 Å². The zero-order chi connectivity index (χ0) is 26.5. The van der Waals surface area contributed by atoms with Gasteiger partial charge in [0.25, 0.3) is 6.43 Å². The Labute approximate surface area is 215 Å². The third kappa shape index (κ3) is 9.86. The lowest BCUT2D eigenvalue weighted by molar-refractivity contribution is -0.138. The lowest BCUT2D eigenvalue weighted by atomic mass is 10.1. The third-order valence-electron chi connectivity index (χ3n) is 6.02. The molecular formula is C25H33F2N7O3. The Bertz CT molecular complexity index is 1030. The average molecular weight is 518 g/mol. The molecule has 37 heavy (non-hydrogen) atoms.